The summed E-state index contributed by atoms with van der Waals surface area (Å²) >= 11 is 1.67. The van der Waals surface area contributed by atoms with Crippen LogP contribution in [-0.4, -0.2) is 42.6 Å². The second-order valence-corrected chi connectivity index (χ2v) is 6.65. The Labute approximate surface area is 145 Å². The predicted molar refractivity (Wildman–Crippen MR) is 93.8 cm³/mol. The zero-order valence-electron chi connectivity index (χ0n) is 13.8. The van der Waals surface area contributed by atoms with Crippen molar-refractivity contribution < 1.29 is 14.3 Å². The van der Waals surface area contributed by atoms with Gasteiger partial charge in [0.05, 0.1) is 19.3 Å². The summed E-state index contributed by atoms with van der Waals surface area (Å²) in [6.07, 6.45) is 2.02. The maximum Gasteiger partial charge on any atom is 0.344 e. The van der Waals surface area contributed by atoms with Crippen LogP contribution in [0, 0.1) is 6.92 Å². The minimum Gasteiger partial charge on any atom is -0.507 e. The first-order valence-corrected chi connectivity index (χ1v) is 9.12. The van der Waals surface area contributed by atoms with E-state index in [1.807, 2.05) is 30.5 Å². The number of ether oxygens (including phenoxy) is 1. The Morgan fingerprint density at radius 2 is 1.88 bits per heavy atom. The predicted octanol–water partition coefficient (Wildman–Crippen LogP) is 2.80. The summed E-state index contributed by atoms with van der Waals surface area (Å²) in [7, 11) is 0. The quantitative estimate of drug-likeness (QED) is 0.858. The Morgan fingerprint density at radius 1 is 1.21 bits per heavy atom. The highest BCUT2D eigenvalue weighted by Crippen LogP contribution is 2.33. The number of morpholine rings is 1. The number of hydrogen-bond acceptors (Lipinski definition) is 6. The summed E-state index contributed by atoms with van der Waals surface area (Å²) in [5.41, 5.74) is 0.762. The maximum absolute atomic E-state index is 12.5. The molecule has 1 N–H and O–H groups in total. The summed E-state index contributed by atoms with van der Waals surface area (Å²) in [6, 6.07) is 9.22. The summed E-state index contributed by atoms with van der Waals surface area (Å²) in [4.78, 5) is 15.8. The summed E-state index contributed by atoms with van der Waals surface area (Å²) in [5, 5.41) is 10.4. The highest BCUT2D eigenvalue weighted by atomic mass is 32.2. The minimum atomic E-state index is -0.488. The number of benzene rings is 1. The molecule has 3 rings (SSSR count). The fourth-order valence-corrected chi connectivity index (χ4v) is 3.45. The van der Waals surface area contributed by atoms with E-state index in [4.69, 9.17) is 9.15 Å². The van der Waals surface area contributed by atoms with Gasteiger partial charge in [-0.2, -0.15) is 0 Å². The summed E-state index contributed by atoms with van der Waals surface area (Å²) in [6.45, 7) is 4.26. The Kier molecular flexibility index (Phi) is 5.28. The molecule has 1 unspecified atom stereocenters. The van der Waals surface area contributed by atoms with Crippen molar-refractivity contribution in [3.05, 3.63) is 57.6 Å². The van der Waals surface area contributed by atoms with Crippen LogP contribution in [0.25, 0.3) is 0 Å². The van der Waals surface area contributed by atoms with Gasteiger partial charge in [0.15, 0.2) is 0 Å². The SMILES string of the molecule is CSc1ccc(C(c2c(O)cc(C)oc2=O)N2CCOCC2)cc1. The lowest BCUT2D eigenvalue weighted by Gasteiger charge is -2.34. The Morgan fingerprint density at radius 3 is 2.46 bits per heavy atom. The molecule has 2 aromatic rings. The van der Waals surface area contributed by atoms with E-state index in [0.717, 1.165) is 10.5 Å². The van der Waals surface area contributed by atoms with E-state index in [0.29, 0.717) is 37.6 Å². The van der Waals surface area contributed by atoms with E-state index in [1.54, 1.807) is 18.7 Å². The van der Waals surface area contributed by atoms with Crippen molar-refractivity contribution >= 4 is 11.8 Å². The van der Waals surface area contributed by atoms with Gasteiger partial charge in [0.25, 0.3) is 0 Å². The van der Waals surface area contributed by atoms with Gasteiger partial charge < -0.3 is 14.3 Å². The van der Waals surface area contributed by atoms with Gasteiger partial charge in [0.1, 0.15) is 17.1 Å². The molecular weight excluding hydrogens is 326 g/mol. The van der Waals surface area contributed by atoms with Crippen molar-refractivity contribution in [1.29, 1.82) is 0 Å². The van der Waals surface area contributed by atoms with E-state index in [9.17, 15) is 9.90 Å². The van der Waals surface area contributed by atoms with Crippen LogP contribution in [0.1, 0.15) is 22.9 Å². The number of nitrogens with zero attached hydrogens (tertiary/aromatic N) is 1. The van der Waals surface area contributed by atoms with Crippen molar-refractivity contribution in [2.75, 3.05) is 32.6 Å². The van der Waals surface area contributed by atoms with E-state index in [-0.39, 0.29) is 11.8 Å². The zero-order chi connectivity index (χ0) is 17.1. The molecule has 1 aromatic heterocycles. The van der Waals surface area contributed by atoms with Gasteiger partial charge in [0, 0.05) is 24.1 Å². The minimum absolute atomic E-state index is 0.0193. The first-order valence-electron chi connectivity index (χ1n) is 7.89. The molecule has 128 valence electrons. The van der Waals surface area contributed by atoms with Gasteiger partial charge in [0.2, 0.25) is 0 Å². The van der Waals surface area contributed by atoms with Crippen molar-refractivity contribution in [3.8, 4) is 5.75 Å². The van der Waals surface area contributed by atoms with E-state index in [2.05, 4.69) is 4.90 Å². The molecule has 0 bridgehead atoms. The summed E-state index contributed by atoms with van der Waals surface area (Å²) in [5.74, 6) is 0.383. The van der Waals surface area contributed by atoms with Crippen LogP contribution in [0.5, 0.6) is 5.75 Å². The molecule has 0 aliphatic carbocycles. The van der Waals surface area contributed by atoms with Crippen molar-refractivity contribution in [1.82, 2.24) is 4.90 Å². The molecule has 1 fully saturated rings. The number of aryl methyl sites for hydroxylation is 1. The molecular formula is C18H21NO4S. The molecule has 1 aliphatic heterocycles. The fraction of sp³-hybridized carbons (Fsp3) is 0.389. The maximum atomic E-state index is 12.5. The molecule has 5 nitrogen and oxygen atoms in total. The monoisotopic (exact) mass is 347 g/mol. The van der Waals surface area contributed by atoms with Crippen molar-refractivity contribution in [2.45, 2.75) is 17.9 Å². The molecule has 1 atom stereocenters. The number of hydrogen-bond donors (Lipinski definition) is 1. The number of rotatable bonds is 4. The highest BCUT2D eigenvalue weighted by molar-refractivity contribution is 7.98. The number of thioether (sulfide) groups is 1. The van der Waals surface area contributed by atoms with Gasteiger partial charge in [-0.3, -0.25) is 4.90 Å². The van der Waals surface area contributed by atoms with E-state index >= 15 is 0 Å². The Bertz CT molecular complexity index is 751. The van der Waals surface area contributed by atoms with Crippen LogP contribution in [-0.2, 0) is 4.74 Å². The van der Waals surface area contributed by atoms with E-state index < -0.39 is 5.63 Å². The fourth-order valence-electron chi connectivity index (χ4n) is 3.04. The molecule has 1 aliphatic rings. The first kappa shape index (κ1) is 17.1. The lowest BCUT2D eigenvalue weighted by Crippen LogP contribution is -2.41. The smallest absolute Gasteiger partial charge is 0.344 e. The van der Waals surface area contributed by atoms with Gasteiger partial charge in [-0.1, -0.05) is 12.1 Å². The summed E-state index contributed by atoms with van der Waals surface area (Å²) < 4.78 is 10.7. The molecule has 0 radical (unpaired) electrons. The van der Waals surface area contributed by atoms with Crippen molar-refractivity contribution in [2.24, 2.45) is 0 Å². The normalized spacial score (nSPS) is 16.9. The molecule has 1 saturated heterocycles. The van der Waals surface area contributed by atoms with Crippen LogP contribution in [0.3, 0.4) is 0 Å². The van der Waals surface area contributed by atoms with Crippen LogP contribution in [0.2, 0.25) is 0 Å². The first-order chi connectivity index (χ1) is 11.6. The third-order valence-corrected chi connectivity index (χ3v) is 4.95. The lowest BCUT2D eigenvalue weighted by atomic mass is 9.97. The number of aromatic hydroxyl groups is 1. The molecule has 24 heavy (non-hydrogen) atoms. The van der Waals surface area contributed by atoms with Crippen LogP contribution < -0.4 is 5.63 Å². The molecule has 0 spiro atoms. The van der Waals surface area contributed by atoms with Gasteiger partial charge in [-0.25, -0.2) is 4.79 Å². The third-order valence-electron chi connectivity index (χ3n) is 4.21. The Hall–Kier alpha value is -1.76. The second-order valence-electron chi connectivity index (χ2n) is 5.77. The third kappa shape index (κ3) is 3.50. The van der Waals surface area contributed by atoms with Crippen molar-refractivity contribution in [3.63, 3.8) is 0 Å². The zero-order valence-corrected chi connectivity index (χ0v) is 14.6. The average molecular weight is 347 g/mol. The molecule has 1 aromatic carbocycles. The van der Waals surface area contributed by atoms with Crippen LogP contribution >= 0.6 is 11.8 Å². The van der Waals surface area contributed by atoms with Crippen LogP contribution in [0.15, 0.2) is 44.4 Å². The highest BCUT2D eigenvalue weighted by Gasteiger charge is 2.30. The molecule has 0 saturated carbocycles. The Balaban J connectivity index is 2.09. The van der Waals surface area contributed by atoms with Gasteiger partial charge >= 0.3 is 5.63 Å². The standard InChI is InChI=1S/C18H21NO4S/c1-12-11-15(20)16(18(21)23-12)17(19-7-9-22-10-8-19)13-3-5-14(24-2)6-4-13/h3-6,11,17,20H,7-10H2,1-2H3. The molecule has 2 heterocycles. The van der Waals surface area contributed by atoms with E-state index in [1.165, 1.54) is 6.07 Å². The largest absolute Gasteiger partial charge is 0.507 e. The van der Waals surface area contributed by atoms with Gasteiger partial charge in [-0.05, 0) is 30.9 Å². The van der Waals surface area contributed by atoms with Crippen LogP contribution in [0.4, 0.5) is 0 Å². The topological polar surface area (TPSA) is 62.9 Å². The lowest BCUT2D eigenvalue weighted by molar-refractivity contribution is 0.0229. The molecule has 6 heteroatoms. The van der Waals surface area contributed by atoms with Gasteiger partial charge in [-0.15, -0.1) is 11.8 Å². The average Bonchev–Trinajstić information content (AvgIpc) is 2.59. The second kappa shape index (κ2) is 7.42. The molecule has 0 amide bonds.